The number of carbonyl (C=O) groups excluding carboxylic acids is 1. The molecule has 1 fully saturated rings. The minimum atomic E-state index is 0.0896. The van der Waals surface area contributed by atoms with Gasteiger partial charge in [0.1, 0.15) is 5.75 Å². The highest BCUT2D eigenvalue weighted by atomic mass is 16.5. The lowest BCUT2D eigenvalue weighted by Crippen LogP contribution is -2.47. The van der Waals surface area contributed by atoms with Crippen LogP contribution in [0, 0.1) is 0 Å². The highest BCUT2D eigenvalue weighted by molar-refractivity contribution is 5.78. The summed E-state index contributed by atoms with van der Waals surface area (Å²) in [6.07, 6.45) is 0. The molecule has 1 aliphatic heterocycles. The quantitative estimate of drug-likeness (QED) is 0.793. The average Bonchev–Trinajstić information content (AvgIpc) is 2.38. The van der Waals surface area contributed by atoms with Crippen LogP contribution in [-0.2, 0) is 17.9 Å². The molecule has 0 unspecified atom stereocenters. The summed E-state index contributed by atoms with van der Waals surface area (Å²) < 4.78 is 5.31. The van der Waals surface area contributed by atoms with Gasteiger partial charge in [-0.2, -0.15) is 0 Å². The molecule has 0 saturated carbocycles. The summed E-state index contributed by atoms with van der Waals surface area (Å²) in [4.78, 5) is 13.4. The van der Waals surface area contributed by atoms with Crippen LogP contribution in [0.1, 0.15) is 11.1 Å². The lowest BCUT2D eigenvalue weighted by molar-refractivity contribution is -0.124. The van der Waals surface area contributed by atoms with Gasteiger partial charge < -0.3 is 15.8 Å². The molecule has 0 bridgehead atoms. The third-order valence-electron chi connectivity index (χ3n) is 3.09. The van der Waals surface area contributed by atoms with E-state index in [1.807, 2.05) is 18.2 Å². The monoisotopic (exact) mass is 249 g/mol. The molecule has 0 atom stereocenters. The van der Waals surface area contributed by atoms with Gasteiger partial charge in [0.05, 0.1) is 13.7 Å². The van der Waals surface area contributed by atoms with E-state index in [1.54, 1.807) is 7.11 Å². The molecule has 2 rings (SSSR count). The second-order valence-electron chi connectivity index (χ2n) is 4.41. The van der Waals surface area contributed by atoms with E-state index in [2.05, 4.69) is 10.2 Å². The number of nitrogens with zero attached hydrogens (tertiary/aromatic N) is 1. The van der Waals surface area contributed by atoms with E-state index < -0.39 is 0 Å². The van der Waals surface area contributed by atoms with Crippen LogP contribution in [0.5, 0.6) is 5.75 Å². The summed E-state index contributed by atoms with van der Waals surface area (Å²) in [5, 5.41) is 2.82. The lowest BCUT2D eigenvalue weighted by atomic mass is 10.1. The molecule has 5 heteroatoms. The molecule has 98 valence electrons. The van der Waals surface area contributed by atoms with Crippen LogP contribution in [0.15, 0.2) is 18.2 Å². The van der Waals surface area contributed by atoms with Gasteiger partial charge in [0.25, 0.3) is 0 Å². The zero-order valence-electron chi connectivity index (χ0n) is 10.6. The number of amides is 1. The standard InChI is InChI=1S/C13H19N3O2/c1-18-12-6-10(2-3-11(12)7-14)8-16-5-4-15-13(17)9-16/h2-3,6H,4-5,7-9,14H2,1H3,(H,15,17). The fourth-order valence-electron chi connectivity index (χ4n) is 2.14. The van der Waals surface area contributed by atoms with Crippen LogP contribution >= 0.6 is 0 Å². The molecule has 0 radical (unpaired) electrons. The molecule has 1 saturated heterocycles. The van der Waals surface area contributed by atoms with Crippen LogP contribution in [-0.4, -0.2) is 37.6 Å². The minimum absolute atomic E-state index is 0.0896. The molecule has 18 heavy (non-hydrogen) atoms. The predicted octanol–water partition coefficient (Wildman–Crippen LogP) is 0.0857. The number of benzene rings is 1. The Hall–Kier alpha value is -1.59. The molecular formula is C13H19N3O2. The Morgan fingerprint density at radius 1 is 1.50 bits per heavy atom. The van der Waals surface area contributed by atoms with E-state index in [0.717, 1.165) is 36.5 Å². The molecule has 5 nitrogen and oxygen atoms in total. The van der Waals surface area contributed by atoms with Gasteiger partial charge in [0, 0.05) is 31.7 Å². The highest BCUT2D eigenvalue weighted by Gasteiger charge is 2.16. The summed E-state index contributed by atoms with van der Waals surface area (Å²) in [5.41, 5.74) is 7.77. The Kier molecular flexibility index (Phi) is 4.17. The normalized spacial score (nSPS) is 16.4. The molecule has 0 aromatic heterocycles. The molecule has 1 aromatic rings. The van der Waals surface area contributed by atoms with Gasteiger partial charge in [-0.25, -0.2) is 0 Å². The van der Waals surface area contributed by atoms with Gasteiger partial charge in [0.2, 0.25) is 5.91 Å². The van der Waals surface area contributed by atoms with E-state index in [4.69, 9.17) is 10.5 Å². The first-order chi connectivity index (χ1) is 8.72. The van der Waals surface area contributed by atoms with Gasteiger partial charge in [-0.1, -0.05) is 12.1 Å². The van der Waals surface area contributed by atoms with Crippen molar-refractivity contribution in [1.82, 2.24) is 10.2 Å². The molecule has 1 amide bonds. The lowest BCUT2D eigenvalue weighted by Gasteiger charge is -2.26. The first kappa shape index (κ1) is 12.9. The number of piperazine rings is 1. The SMILES string of the molecule is COc1cc(CN2CCNC(=O)C2)ccc1CN. The Balaban J connectivity index is 2.07. The Morgan fingerprint density at radius 3 is 3.00 bits per heavy atom. The van der Waals surface area contributed by atoms with Crippen LogP contribution < -0.4 is 15.8 Å². The third-order valence-corrected chi connectivity index (χ3v) is 3.09. The molecular weight excluding hydrogens is 230 g/mol. The second kappa shape index (κ2) is 5.84. The van der Waals surface area contributed by atoms with Crippen LogP contribution in [0.25, 0.3) is 0 Å². The van der Waals surface area contributed by atoms with Crippen molar-refractivity contribution >= 4 is 5.91 Å². The zero-order valence-corrected chi connectivity index (χ0v) is 10.6. The Bertz CT molecular complexity index is 434. The van der Waals surface area contributed by atoms with Crippen molar-refractivity contribution < 1.29 is 9.53 Å². The predicted molar refractivity (Wildman–Crippen MR) is 69.2 cm³/mol. The van der Waals surface area contributed by atoms with Crippen molar-refractivity contribution in [3.63, 3.8) is 0 Å². The number of hydrogen-bond donors (Lipinski definition) is 2. The van der Waals surface area contributed by atoms with Gasteiger partial charge in [-0.15, -0.1) is 0 Å². The number of rotatable bonds is 4. The van der Waals surface area contributed by atoms with E-state index in [9.17, 15) is 4.79 Å². The fourth-order valence-corrected chi connectivity index (χ4v) is 2.14. The smallest absolute Gasteiger partial charge is 0.234 e. The first-order valence-electron chi connectivity index (χ1n) is 6.08. The summed E-state index contributed by atoms with van der Waals surface area (Å²) in [5.74, 6) is 0.906. The van der Waals surface area contributed by atoms with E-state index in [-0.39, 0.29) is 5.91 Å². The second-order valence-corrected chi connectivity index (χ2v) is 4.41. The van der Waals surface area contributed by atoms with E-state index in [0.29, 0.717) is 13.1 Å². The van der Waals surface area contributed by atoms with Gasteiger partial charge in [-0.05, 0) is 11.6 Å². The summed E-state index contributed by atoms with van der Waals surface area (Å²) in [7, 11) is 1.65. The van der Waals surface area contributed by atoms with Crippen molar-refractivity contribution in [3.8, 4) is 5.75 Å². The van der Waals surface area contributed by atoms with Crippen LogP contribution in [0.2, 0.25) is 0 Å². The highest BCUT2D eigenvalue weighted by Crippen LogP contribution is 2.20. The minimum Gasteiger partial charge on any atom is -0.496 e. The van der Waals surface area contributed by atoms with Crippen molar-refractivity contribution in [1.29, 1.82) is 0 Å². The molecule has 3 N–H and O–H groups in total. The average molecular weight is 249 g/mol. The van der Waals surface area contributed by atoms with Crippen molar-refractivity contribution in [3.05, 3.63) is 29.3 Å². The Morgan fingerprint density at radius 2 is 2.33 bits per heavy atom. The number of methoxy groups -OCH3 is 1. The van der Waals surface area contributed by atoms with Gasteiger partial charge in [-0.3, -0.25) is 9.69 Å². The molecule has 1 heterocycles. The topological polar surface area (TPSA) is 67.6 Å². The van der Waals surface area contributed by atoms with Crippen LogP contribution in [0.4, 0.5) is 0 Å². The largest absolute Gasteiger partial charge is 0.496 e. The van der Waals surface area contributed by atoms with Crippen molar-refractivity contribution in [2.75, 3.05) is 26.7 Å². The number of nitrogens with two attached hydrogens (primary N) is 1. The maximum atomic E-state index is 11.3. The summed E-state index contributed by atoms with van der Waals surface area (Å²) in [6.45, 7) is 3.29. The third kappa shape index (κ3) is 3.00. The fraction of sp³-hybridized carbons (Fsp3) is 0.462. The number of carbonyl (C=O) groups is 1. The van der Waals surface area contributed by atoms with Crippen molar-refractivity contribution in [2.45, 2.75) is 13.1 Å². The first-order valence-corrected chi connectivity index (χ1v) is 6.08. The molecule has 1 aromatic carbocycles. The summed E-state index contributed by atoms with van der Waals surface area (Å²) in [6, 6.07) is 6.02. The zero-order chi connectivity index (χ0) is 13.0. The molecule has 1 aliphatic rings. The van der Waals surface area contributed by atoms with Crippen LogP contribution in [0.3, 0.4) is 0 Å². The van der Waals surface area contributed by atoms with Gasteiger partial charge in [0.15, 0.2) is 0 Å². The number of nitrogens with one attached hydrogen (secondary N) is 1. The molecule has 0 spiro atoms. The van der Waals surface area contributed by atoms with Crippen molar-refractivity contribution in [2.24, 2.45) is 5.73 Å². The maximum absolute atomic E-state index is 11.3. The van der Waals surface area contributed by atoms with E-state index >= 15 is 0 Å². The Labute approximate surface area is 107 Å². The number of hydrogen-bond acceptors (Lipinski definition) is 4. The summed E-state index contributed by atoms with van der Waals surface area (Å²) >= 11 is 0. The maximum Gasteiger partial charge on any atom is 0.234 e. The van der Waals surface area contributed by atoms with Gasteiger partial charge >= 0.3 is 0 Å². The number of ether oxygens (including phenoxy) is 1. The molecule has 0 aliphatic carbocycles. The van der Waals surface area contributed by atoms with E-state index in [1.165, 1.54) is 0 Å².